The molecule has 0 saturated carbocycles. The average Bonchev–Trinajstić information content (AvgIpc) is 2.57. The Bertz CT molecular complexity index is 766. The number of carbonyl (C=O) groups excluding carboxylic acids is 2. The molecular formula is C18H16O6. The van der Waals surface area contributed by atoms with Crippen LogP contribution in [0, 0.1) is 0 Å². The molecule has 24 heavy (non-hydrogen) atoms. The average molecular weight is 328 g/mol. The minimum atomic E-state index is -0.731. The zero-order valence-electron chi connectivity index (χ0n) is 13.3. The Morgan fingerprint density at radius 3 is 2.42 bits per heavy atom. The molecule has 0 fully saturated rings. The third kappa shape index (κ3) is 3.32. The lowest BCUT2D eigenvalue weighted by Crippen LogP contribution is -2.37. The second kappa shape index (κ2) is 6.62. The summed E-state index contributed by atoms with van der Waals surface area (Å²) in [6.07, 6.45) is -0.731. The van der Waals surface area contributed by atoms with Crippen LogP contribution in [0.1, 0.15) is 17.3 Å². The van der Waals surface area contributed by atoms with Crippen molar-refractivity contribution < 1.29 is 28.5 Å². The van der Waals surface area contributed by atoms with Gasteiger partial charge < -0.3 is 18.9 Å². The summed E-state index contributed by atoms with van der Waals surface area (Å²) in [4.78, 5) is 23.5. The van der Waals surface area contributed by atoms with Crippen LogP contribution in [0.15, 0.2) is 42.5 Å². The molecule has 6 nitrogen and oxygen atoms in total. The number of esters is 1. The van der Waals surface area contributed by atoms with E-state index in [0.29, 0.717) is 28.6 Å². The van der Waals surface area contributed by atoms with Gasteiger partial charge in [-0.1, -0.05) is 0 Å². The zero-order valence-corrected chi connectivity index (χ0v) is 13.3. The molecule has 6 heteroatoms. The minimum Gasteiger partial charge on any atom is -0.497 e. The predicted molar refractivity (Wildman–Crippen MR) is 85.0 cm³/mol. The van der Waals surface area contributed by atoms with Gasteiger partial charge in [-0.05, 0) is 36.4 Å². The van der Waals surface area contributed by atoms with E-state index in [2.05, 4.69) is 0 Å². The molecule has 1 unspecified atom stereocenters. The highest BCUT2D eigenvalue weighted by molar-refractivity contribution is 6.03. The molecule has 1 aliphatic heterocycles. The van der Waals surface area contributed by atoms with Gasteiger partial charge in [0, 0.05) is 13.0 Å². The van der Waals surface area contributed by atoms with Crippen molar-refractivity contribution in [3.8, 4) is 23.0 Å². The molecule has 1 aliphatic rings. The maximum Gasteiger partial charge on any atom is 0.308 e. The van der Waals surface area contributed by atoms with Crippen molar-refractivity contribution >= 4 is 11.8 Å². The Labute approximate surface area is 138 Å². The monoisotopic (exact) mass is 328 g/mol. The normalized spacial score (nSPS) is 15.9. The summed E-state index contributed by atoms with van der Waals surface area (Å²) in [6, 6.07) is 11.6. The number of fused-ring (bicyclic) bond motifs is 1. The highest BCUT2D eigenvalue weighted by Gasteiger charge is 2.31. The molecule has 0 radical (unpaired) electrons. The Hall–Kier alpha value is -3.02. The van der Waals surface area contributed by atoms with Gasteiger partial charge in [-0.25, -0.2) is 0 Å². The SMILES string of the molecule is COc1ccc(OC2COc3cc(OC(C)=O)ccc3C2=O)cc1. The van der Waals surface area contributed by atoms with Gasteiger partial charge in [0.1, 0.15) is 29.6 Å². The first-order valence-electron chi connectivity index (χ1n) is 7.37. The molecular weight excluding hydrogens is 312 g/mol. The molecule has 0 saturated heterocycles. The van der Waals surface area contributed by atoms with Crippen molar-refractivity contribution in [2.24, 2.45) is 0 Å². The molecule has 2 aromatic rings. The van der Waals surface area contributed by atoms with E-state index in [1.54, 1.807) is 43.5 Å². The van der Waals surface area contributed by atoms with Crippen LogP contribution in [0.5, 0.6) is 23.0 Å². The second-order valence-corrected chi connectivity index (χ2v) is 5.21. The van der Waals surface area contributed by atoms with Gasteiger partial charge in [-0.3, -0.25) is 9.59 Å². The minimum absolute atomic E-state index is 0.0847. The summed E-state index contributed by atoms with van der Waals surface area (Å²) >= 11 is 0. The van der Waals surface area contributed by atoms with E-state index in [0.717, 1.165) is 0 Å². The molecule has 0 N–H and O–H groups in total. The molecule has 0 spiro atoms. The highest BCUT2D eigenvalue weighted by atomic mass is 16.5. The maximum absolute atomic E-state index is 12.5. The van der Waals surface area contributed by atoms with Crippen LogP contribution in [0.2, 0.25) is 0 Å². The van der Waals surface area contributed by atoms with E-state index in [-0.39, 0.29) is 12.4 Å². The van der Waals surface area contributed by atoms with Gasteiger partial charge in [0.25, 0.3) is 0 Å². The van der Waals surface area contributed by atoms with E-state index >= 15 is 0 Å². The van der Waals surface area contributed by atoms with Crippen LogP contribution in [-0.4, -0.2) is 31.6 Å². The van der Waals surface area contributed by atoms with Crippen molar-refractivity contribution in [1.29, 1.82) is 0 Å². The van der Waals surface area contributed by atoms with E-state index in [4.69, 9.17) is 18.9 Å². The third-order valence-corrected chi connectivity index (χ3v) is 3.50. The number of carbonyl (C=O) groups is 2. The zero-order chi connectivity index (χ0) is 17.1. The number of ketones is 1. The fraction of sp³-hybridized carbons (Fsp3) is 0.222. The van der Waals surface area contributed by atoms with E-state index < -0.39 is 12.1 Å². The van der Waals surface area contributed by atoms with E-state index in [1.807, 2.05) is 0 Å². The first-order valence-corrected chi connectivity index (χ1v) is 7.37. The Morgan fingerprint density at radius 2 is 1.75 bits per heavy atom. The van der Waals surface area contributed by atoms with Gasteiger partial charge >= 0.3 is 5.97 Å². The largest absolute Gasteiger partial charge is 0.497 e. The van der Waals surface area contributed by atoms with Crippen molar-refractivity contribution in [2.75, 3.05) is 13.7 Å². The molecule has 0 amide bonds. The lowest BCUT2D eigenvalue weighted by Gasteiger charge is -2.25. The Kier molecular flexibility index (Phi) is 4.37. The summed E-state index contributed by atoms with van der Waals surface area (Å²) in [7, 11) is 1.58. The standard InChI is InChI=1S/C18H16O6/c1-11(19)23-14-7-8-15-16(9-14)22-10-17(18(15)20)24-13-5-3-12(21-2)4-6-13/h3-9,17H,10H2,1-2H3. The van der Waals surface area contributed by atoms with Crippen LogP contribution in [0.25, 0.3) is 0 Å². The van der Waals surface area contributed by atoms with Crippen LogP contribution < -0.4 is 18.9 Å². The van der Waals surface area contributed by atoms with Crippen LogP contribution in [0.4, 0.5) is 0 Å². The highest BCUT2D eigenvalue weighted by Crippen LogP contribution is 2.31. The number of methoxy groups -OCH3 is 1. The molecule has 1 heterocycles. The Balaban J connectivity index is 1.75. The molecule has 0 aromatic heterocycles. The Morgan fingerprint density at radius 1 is 1.08 bits per heavy atom. The summed E-state index contributed by atoms with van der Waals surface area (Å²) in [5, 5.41) is 0. The van der Waals surface area contributed by atoms with Crippen molar-refractivity contribution in [3.63, 3.8) is 0 Å². The van der Waals surface area contributed by atoms with Gasteiger partial charge in [-0.15, -0.1) is 0 Å². The van der Waals surface area contributed by atoms with E-state index in [1.165, 1.54) is 13.0 Å². The quantitative estimate of drug-likeness (QED) is 0.635. The maximum atomic E-state index is 12.5. The van der Waals surface area contributed by atoms with E-state index in [9.17, 15) is 9.59 Å². The number of ether oxygens (including phenoxy) is 4. The van der Waals surface area contributed by atoms with Gasteiger partial charge in [0.2, 0.25) is 5.78 Å². The van der Waals surface area contributed by atoms with Crippen LogP contribution >= 0.6 is 0 Å². The number of rotatable bonds is 4. The van der Waals surface area contributed by atoms with Gasteiger partial charge in [0.05, 0.1) is 12.7 Å². The smallest absolute Gasteiger partial charge is 0.308 e. The number of Topliss-reactive ketones (excluding diaryl/α,β-unsaturated/α-hetero) is 1. The van der Waals surface area contributed by atoms with Crippen molar-refractivity contribution in [2.45, 2.75) is 13.0 Å². The fourth-order valence-electron chi connectivity index (χ4n) is 2.38. The number of benzene rings is 2. The predicted octanol–water partition coefficient (Wildman–Crippen LogP) is 2.64. The molecule has 3 rings (SSSR count). The first-order chi connectivity index (χ1) is 11.6. The summed E-state index contributed by atoms with van der Waals surface area (Å²) in [5.41, 5.74) is 0.399. The topological polar surface area (TPSA) is 71.1 Å². The number of hydrogen-bond acceptors (Lipinski definition) is 6. The van der Waals surface area contributed by atoms with Gasteiger partial charge in [0.15, 0.2) is 6.10 Å². The first kappa shape index (κ1) is 15.9. The summed E-state index contributed by atoms with van der Waals surface area (Å²) in [6.45, 7) is 1.39. The second-order valence-electron chi connectivity index (χ2n) is 5.21. The number of hydrogen-bond donors (Lipinski definition) is 0. The summed E-state index contributed by atoms with van der Waals surface area (Å²) < 4.78 is 21.4. The molecule has 2 aromatic carbocycles. The van der Waals surface area contributed by atoms with Crippen LogP contribution in [0.3, 0.4) is 0 Å². The lowest BCUT2D eigenvalue weighted by atomic mass is 10.0. The van der Waals surface area contributed by atoms with Gasteiger partial charge in [-0.2, -0.15) is 0 Å². The summed E-state index contributed by atoms with van der Waals surface area (Å²) in [5.74, 6) is 1.37. The lowest BCUT2D eigenvalue weighted by molar-refractivity contribution is -0.131. The molecule has 0 aliphatic carbocycles. The molecule has 0 bridgehead atoms. The fourth-order valence-corrected chi connectivity index (χ4v) is 2.38. The molecule has 124 valence electrons. The third-order valence-electron chi connectivity index (χ3n) is 3.50. The van der Waals surface area contributed by atoms with Crippen molar-refractivity contribution in [3.05, 3.63) is 48.0 Å². The molecule has 1 atom stereocenters. The van der Waals surface area contributed by atoms with Crippen molar-refractivity contribution in [1.82, 2.24) is 0 Å². The van der Waals surface area contributed by atoms with Crippen LogP contribution in [-0.2, 0) is 4.79 Å².